The van der Waals surface area contributed by atoms with Gasteiger partial charge in [-0.1, -0.05) is 129 Å². The molecule has 3 amide bonds. The molecule has 10 nitrogen and oxygen atoms in total. The van der Waals surface area contributed by atoms with Gasteiger partial charge in [0.05, 0.1) is 43.5 Å². The average Bonchev–Trinajstić information content (AvgIpc) is 3.64. The molecule has 0 spiro atoms. The number of rotatable bonds is 14. The Bertz CT molecular complexity index is 2050. The summed E-state index contributed by atoms with van der Waals surface area (Å²) in [4.78, 5) is 41.6. The van der Waals surface area contributed by atoms with Crippen molar-refractivity contribution in [3.8, 4) is 0 Å². The van der Waals surface area contributed by atoms with Crippen LogP contribution in [0.4, 0.5) is 0 Å². The molecule has 2 aliphatic rings. The zero-order chi connectivity index (χ0) is 38.0. The number of nitrogens with zero attached hydrogens (tertiary/aromatic N) is 2. The van der Waals surface area contributed by atoms with Gasteiger partial charge in [0, 0.05) is 6.07 Å². The summed E-state index contributed by atoms with van der Waals surface area (Å²) < 4.78 is 14.0. The van der Waals surface area contributed by atoms with Gasteiger partial charge in [-0.25, -0.2) is 4.68 Å². The second kappa shape index (κ2) is 18.3. The van der Waals surface area contributed by atoms with E-state index in [1.807, 2.05) is 110 Å². The average molecular weight is 742 g/mol. The lowest BCUT2D eigenvalue weighted by atomic mass is 9.92. The van der Waals surface area contributed by atoms with E-state index in [4.69, 9.17) is 9.47 Å². The second-order valence-electron chi connectivity index (χ2n) is 14.8. The van der Waals surface area contributed by atoms with Crippen LogP contribution in [0.2, 0.25) is 0 Å². The molecule has 10 heteroatoms. The van der Waals surface area contributed by atoms with Gasteiger partial charge < -0.3 is 25.4 Å². The third-order valence-electron chi connectivity index (χ3n) is 10.9. The third kappa shape index (κ3) is 9.87. The minimum Gasteiger partial charge on any atom is -0.371 e. The van der Waals surface area contributed by atoms with Crippen LogP contribution in [0.3, 0.4) is 0 Å². The quantitative estimate of drug-likeness (QED) is 0.109. The summed E-state index contributed by atoms with van der Waals surface area (Å²) in [6, 6.07) is 34.8. The summed E-state index contributed by atoms with van der Waals surface area (Å²) in [5.74, 6) is -1.13. The molecule has 4 aromatic carbocycles. The fraction of sp³-hybridized carbons (Fsp3) is 0.378. The van der Waals surface area contributed by atoms with E-state index in [2.05, 4.69) is 21.0 Å². The second-order valence-corrected chi connectivity index (χ2v) is 14.8. The van der Waals surface area contributed by atoms with Crippen molar-refractivity contribution in [3.05, 3.63) is 137 Å². The molecule has 5 atom stereocenters. The van der Waals surface area contributed by atoms with Crippen LogP contribution in [0.25, 0.3) is 10.8 Å². The maximum Gasteiger partial charge on any atom is 0.272 e. The summed E-state index contributed by atoms with van der Waals surface area (Å²) in [5, 5.41) is 16.1. The van der Waals surface area contributed by atoms with Gasteiger partial charge in [-0.2, -0.15) is 5.10 Å². The molecule has 0 bridgehead atoms. The number of amides is 3. The number of nitrogens with one attached hydrogen (secondary N) is 3. The third-order valence-corrected chi connectivity index (χ3v) is 10.9. The molecule has 2 saturated carbocycles. The number of ether oxygens (including phenoxy) is 2. The lowest BCUT2D eigenvalue weighted by Gasteiger charge is -2.32. The first-order valence-electron chi connectivity index (χ1n) is 19.7. The van der Waals surface area contributed by atoms with E-state index in [1.165, 1.54) is 10.7 Å². The van der Waals surface area contributed by atoms with Crippen molar-refractivity contribution in [1.82, 2.24) is 25.7 Å². The van der Waals surface area contributed by atoms with Crippen molar-refractivity contribution in [2.75, 3.05) is 0 Å². The minimum atomic E-state index is -0.433. The molecule has 286 valence electrons. The molecular weight excluding hydrogens is 691 g/mol. The summed E-state index contributed by atoms with van der Waals surface area (Å²) in [5.41, 5.74) is 3.33. The van der Waals surface area contributed by atoms with Crippen LogP contribution in [-0.4, -0.2) is 51.8 Å². The first-order chi connectivity index (χ1) is 26.9. The van der Waals surface area contributed by atoms with E-state index in [0.29, 0.717) is 13.2 Å². The summed E-state index contributed by atoms with van der Waals surface area (Å²) in [6.07, 6.45) is 6.94. The highest BCUT2D eigenvalue weighted by Gasteiger charge is 2.31. The normalized spacial score (nSPS) is 20.4. The number of carbonyl (C=O) groups is 3. The van der Waals surface area contributed by atoms with Crippen LogP contribution >= 0.6 is 0 Å². The smallest absolute Gasteiger partial charge is 0.272 e. The monoisotopic (exact) mass is 741 g/mol. The molecule has 3 N–H and O–H groups in total. The van der Waals surface area contributed by atoms with E-state index in [1.54, 1.807) is 0 Å². The largest absolute Gasteiger partial charge is 0.371 e. The van der Waals surface area contributed by atoms with Gasteiger partial charge in [0.25, 0.3) is 11.8 Å². The standard InChI is InChI=1S/C45H51N5O5/c1-31(35-22-14-20-34-19-8-9-21-36(34)35)46-44(52)39-27-40(45(53)48-38-24-11-13-26-42(38)55-30-33-17-6-3-7-18-33)50(49-39)28-43(51)47-37-23-10-12-25-41(37)54-29-32-15-4-2-5-16-32/h2-9,14-22,27,31,37-38,41-42H,10-13,23-26,28-30H2,1H3,(H,46,52)(H,47,51)(H,48,53)/t31-,37-,38-,41-,42-/m0/s1. The van der Waals surface area contributed by atoms with Gasteiger partial charge >= 0.3 is 0 Å². The van der Waals surface area contributed by atoms with E-state index in [0.717, 1.165) is 78.8 Å². The zero-order valence-electron chi connectivity index (χ0n) is 31.5. The SMILES string of the molecule is C[C@H](NC(=O)c1cc(C(=O)N[C@H]2CCCC[C@@H]2OCc2ccccc2)n(CC(=O)N[C@H]2CCCC[C@@H]2OCc2ccccc2)n1)c1cccc2ccccc12. The fourth-order valence-corrected chi connectivity index (χ4v) is 7.92. The number of benzene rings is 4. The van der Waals surface area contributed by atoms with Crippen LogP contribution < -0.4 is 16.0 Å². The lowest BCUT2D eigenvalue weighted by molar-refractivity contribution is -0.124. The summed E-state index contributed by atoms with van der Waals surface area (Å²) in [7, 11) is 0. The number of fused-ring (bicyclic) bond motifs is 1. The van der Waals surface area contributed by atoms with Crippen molar-refractivity contribution < 1.29 is 23.9 Å². The van der Waals surface area contributed by atoms with Crippen molar-refractivity contribution in [3.63, 3.8) is 0 Å². The molecule has 0 radical (unpaired) electrons. The first-order valence-corrected chi connectivity index (χ1v) is 19.7. The van der Waals surface area contributed by atoms with Gasteiger partial charge in [0.1, 0.15) is 12.2 Å². The van der Waals surface area contributed by atoms with Gasteiger partial charge in [-0.15, -0.1) is 0 Å². The van der Waals surface area contributed by atoms with Crippen LogP contribution in [-0.2, 0) is 34.0 Å². The lowest BCUT2D eigenvalue weighted by Crippen LogP contribution is -2.48. The Morgan fingerprint density at radius 3 is 1.91 bits per heavy atom. The number of hydrogen-bond donors (Lipinski definition) is 3. The molecule has 2 aliphatic carbocycles. The van der Waals surface area contributed by atoms with Crippen LogP contribution in [0.15, 0.2) is 109 Å². The number of hydrogen-bond acceptors (Lipinski definition) is 6. The van der Waals surface area contributed by atoms with Crippen molar-refractivity contribution >= 4 is 28.5 Å². The molecular formula is C45H51N5O5. The zero-order valence-corrected chi connectivity index (χ0v) is 31.5. The predicted molar refractivity (Wildman–Crippen MR) is 212 cm³/mol. The highest BCUT2D eigenvalue weighted by atomic mass is 16.5. The molecule has 1 aromatic heterocycles. The Morgan fingerprint density at radius 2 is 1.25 bits per heavy atom. The van der Waals surface area contributed by atoms with Gasteiger partial charge in [0.2, 0.25) is 5.91 Å². The number of carbonyl (C=O) groups excluding carboxylic acids is 3. The molecule has 5 aromatic rings. The Labute approximate surface area is 323 Å². The van der Waals surface area contributed by atoms with Crippen molar-refractivity contribution in [2.45, 2.75) is 108 Å². The Hall–Kier alpha value is -5.32. The minimum absolute atomic E-state index is 0.0623. The Kier molecular flexibility index (Phi) is 12.7. The molecule has 7 rings (SSSR count). The summed E-state index contributed by atoms with van der Waals surface area (Å²) in [6.45, 7) is 2.62. The topological polar surface area (TPSA) is 124 Å². The highest BCUT2D eigenvalue weighted by molar-refractivity contribution is 5.99. The molecule has 1 heterocycles. The fourth-order valence-electron chi connectivity index (χ4n) is 7.92. The van der Waals surface area contributed by atoms with Crippen molar-refractivity contribution in [1.29, 1.82) is 0 Å². The Balaban J connectivity index is 1.08. The van der Waals surface area contributed by atoms with E-state index in [9.17, 15) is 14.4 Å². The first kappa shape index (κ1) is 38.0. The molecule has 55 heavy (non-hydrogen) atoms. The molecule has 2 fully saturated rings. The van der Waals surface area contributed by atoms with Crippen molar-refractivity contribution in [2.24, 2.45) is 0 Å². The maximum absolute atomic E-state index is 14.1. The maximum atomic E-state index is 14.1. The molecule has 0 unspecified atom stereocenters. The van der Waals surface area contributed by atoms with E-state index in [-0.39, 0.29) is 54.2 Å². The van der Waals surface area contributed by atoms with Gasteiger partial charge in [0.15, 0.2) is 5.69 Å². The highest BCUT2D eigenvalue weighted by Crippen LogP contribution is 2.26. The van der Waals surface area contributed by atoms with E-state index < -0.39 is 11.8 Å². The van der Waals surface area contributed by atoms with Gasteiger partial charge in [-0.05, 0) is 60.1 Å². The van der Waals surface area contributed by atoms with Crippen LogP contribution in [0.5, 0.6) is 0 Å². The van der Waals surface area contributed by atoms with Crippen LogP contribution in [0, 0.1) is 0 Å². The molecule has 0 saturated heterocycles. The van der Waals surface area contributed by atoms with Gasteiger partial charge in [-0.3, -0.25) is 14.4 Å². The Morgan fingerprint density at radius 1 is 0.691 bits per heavy atom. The number of aromatic nitrogens is 2. The summed E-state index contributed by atoms with van der Waals surface area (Å²) >= 11 is 0. The van der Waals surface area contributed by atoms with Crippen LogP contribution in [0.1, 0.15) is 102 Å². The predicted octanol–water partition coefficient (Wildman–Crippen LogP) is 7.43. The molecule has 0 aliphatic heterocycles. The van der Waals surface area contributed by atoms with E-state index >= 15 is 0 Å².